The van der Waals surface area contributed by atoms with Crippen LogP contribution in [-0.4, -0.2) is 46.3 Å². The second-order valence-corrected chi connectivity index (χ2v) is 9.39. The summed E-state index contributed by atoms with van der Waals surface area (Å²) in [6, 6.07) is 18.7. The first-order valence-electron chi connectivity index (χ1n) is 12.9. The highest BCUT2D eigenvalue weighted by atomic mass is 16.5. The van der Waals surface area contributed by atoms with Crippen LogP contribution in [0.1, 0.15) is 49.8 Å². The fraction of sp³-hybridized carbons (Fsp3) is 0.161. The number of ketones is 1. The summed E-state index contributed by atoms with van der Waals surface area (Å²) in [6.45, 7) is -0.123. The molecule has 1 unspecified atom stereocenters. The lowest BCUT2D eigenvalue weighted by Crippen LogP contribution is -2.26. The number of hydrogen-bond donors (Lipinski definition) is 3. The van der Waals surface area contributed by atoms with Crippen LogP contribution in [0.3, 0.4) is 0 Å². The molecule has 10 heteroatoms. The van der Waals surface area contributed by atoms with Crippen molar-refractivity contribution in [2.24, 2.45) is 5.10 Å². The molecule has 1 atom stereocenters. The molecule has 1 aliphatic heterocycles. The molecule has 0 bridgehead atoms. The Kier molecular flexibility index (Phi) is 7.93. The molecule has 1 aliphatic rings. The van der Waals surface area contributed by atoms with Gasteiger partial charge in [-0.15, -0.1) is 0 Å². The zero-order valence-electron chi connectivity index (χ0n) is 22.7. The SMILES string of the molecule is COc1cc(Cc2cnc(N)nc2N)cc(C(=O)/C=C/N2N=Cc3ccccc3C2c2ccccc2CO)c1OC. The van der Waals surface area contributed by atoms with Gasteiger partial charge >= 0.3 is 0 Å². The summed E-state index contributed by atoms with van der Waals surface area (Å²) in [7, 11) is 2.99. The number of ether oxygens (including phenoxy) is 2. The largest absolute Gasteiger partial charge is 0.493 e. The molecule has 0 saturated heterocycles. The van der Waals surface area contributed by atoms with Gasteiger partial charge in [0.1, 0.15) is 11.9 Å². The molecule has 4 aromatic rings. The van der Waals surface area contributed by atoms with E-state index in [0.717, 1.165) is 27.8 Å². The highest BCUT2D eigenvalue weighted by Crippen LogP contribution is 2.37. The predicted octanol–water partition coefficient (Wildman–Crippen LogP) is 3.88. The third-order valence-electron chi connectivity index (χ3n) is 6.90. The van der Waals surface area contributed by atoms with E-state index < -0.39 is 0 Å². The lowest BCUT2D eigenvalue weighted by Gasteiger charge is -2.32. The van der Waals surface area contributed by atoms with Gasteiger partial charge in [0.15, 0.2) is 17.3 Å². The monoisotopic (exact) mass is 550 g/mol. The number of aliphatic hydroxyl groups is 1. The van der Waals surface area contributed by atoms with E-state index in [1.807, 2.05) is 48.5 Å². The van der Waals surface area contributed by atoms with Crippen LogP contribution in [0, 0.1) is 0 Å². The normalized spacial score (nSPS) is 14.2. The fourth-order valence-electron chi connectivity index (χ4n) is 4.93. The van der Waals surface area contributed by atoms with Crippen molar-refractivity contribution in [2.75, 3.05) is 25.7 Å². The van der Waals surface area contributed by atoms with E-state index in [-0.39, 0.29) is 30.2 Å². The smallest absolute Gasteiger partial charge is 0.221 e. The molecule has 41 heavy (non-hydrogen) atoms. The van der Waals surface area contributed by atoms with Crippen molar-refractivity contribution < 1.29 is 19.4 Å². The Hall–Kier alpha value is -5.22. The summed E-state index contributed by atoms with van der Waals surface area (Å²) in [5.74, 6) is 0.741. The minimum atomic E-state index is -0.347. The van der Waals surface area contributed by atoms with Gasteiger partial charge in [-0.3, -0.25) is 9.80 Å². The molecular formula is C31H30N6O4. The Morgan fingerprint density at radius 3 is 2.51 bits per heavy atom. The molecule has 0 amide bonds. The quantitative estimate of drug-likeness (QED) is 0.208. The van der Waals surface area contributed by atoms with Crippen LogP contribution >= 0.6 is 0 Å². The van der Waals surface area contributed by atoms with Crippen molar-refractivity contribution in [3.05, 3.63) is 118 Å². The fourth-order valence-corrected chi connectivity index (χ4v) is 4.93. The molecule has 5 N–H and O–H groups in total. The number of carbonyl (C=O) groups is 1. The molecule has 208 valence electrons. The molecule has 0 fully saturated rings. The Morgan fingerprint density at radius 2 is 1.78 bits per heavy atom. The van der Waals surface area contributed by atoms with Gasteiger partial charge in [0, 0.05) is 36.0 Å². The number of nitrogen functional groups attached to an aromatic ring is 2. The number of carbonyl (C=O) groups excluding carboxylic acids is 1. The van der Waals surface area contributed by atoms with Crippen LogP contribution in [0.25, 0.3) is 0 Å². The zero-order chi connectivity index (χ0) is 28.9. The molecular weight excluding hydrogens is 520 g/mol. The van der Waals surface area contributed by atoms with Gasteiger partial charge in [-0.05, 0) is 34.4 Å². The van der Waals surface area contributed by atoms with Gasteiger partial charge in [0.05, 0.1) is 32.6 Å². The third kappa shape index (κ3) is 5.59. The Labute approximate surface area is 237 Å². The second kappa shape index (κ2) is 11.9. The summed E-state index contributed by atoms with van der Waals surface area (Å²) in [5.41, 5.74) is 17.0. The van der Waals surface area contributed by atoms with E-state index in [0.29, 0.717) is 29.0 Å². The number of hydrazone groups is 1. The van der Waals surface area contributed by atoms with Crippen LogP contribution in [0.5, 0.6) is 11.5 Å². The molecule has 0 radical (unpaired) electrons. The Bertz CT molecular complexity index is 1650. The van der Waals surface area contributed by atoms with Gasteiger partial charge in [0.25, 0.3) is 0 Å². The van der Waals surface area contributed by atoms with Gasteiger partial charge in [-0.2, -0.15) is 10.1 Å². The number of hydrogen-bond acceptors (Lipinski definition) is 10. The second-order valence-electron chi connectivity index (χ2n) is 9.39. The highest BCUT2D eigenvalue weighted by Gasteiger charge is 2.27. The van der Waals surface area contributed by atoms with Crippen molar-refractivity contribution in [1.82, 2.24) is 15.0 Å². The molecule has 0 aliphatic carbocycles. The van der Waals surface area contributed by atoms with E-state index in [1.165, 1.54) is 20.3 Å². The summed E-state index contributed by atoms with van der Waals surface area (Å²) in [6.07, 6.45) is 6.75. The Morgan fingerprint density at radius 1 is 1.02 bits per heavy atom. The lowest BCUT2D eigenvalue weighted by molar-refractivity contribution is 0.104. The van der Waals surface area contributed by atoms with E-state index in [4.69, 9.17) is 20.9 Å². The summed E-state index contributed by atoms with van der Waals surface area (Å²) < 4.78 is 11.1. The molecule has 10 nitrogen and oxygen atoms in total. The van der Waals surface area contributed by atoms with Crippen LogP contribution in [0.2, 0.25) is 0 Å². The van der Waals surface area contributed by atoms with Gasteiger partial charge in [-0.1, -0.05) is 48.5 Å². The van der Waals surface area contributed by atoms with Gasteiger partial charge < -0.3 is 26.0 Å². The van der Waals surface area contributed by atoms with Crippen molar-refractivity contribution in [3.63, 3.8) is 0 Å². The highest BCUT2D eigenvalue weighted by molar-refractivity contribution is 6.07. The molecule has 2 heterocycles. The standard InChI is InChI=1S/C31H30N6O4/c1-40-27-15-19(13-22-16-34-31(33)36-30(22)32)14-25(29(27)41-2)26(39)11-12-37-28(24-10-6-4-8-21(24)18-38)23-9-5-3-7-20(23)17-35-37/h3-12,14-17,28,38H,13,18H2,1-2H3,(H4,32,33,34,36)/b12-11+. The summed E-state index contributed by atoms with van der Waals surface area (Å²) in [5, 5.41) is 16.4. The van der Waals surface area contributed by atoms with Crippen LogP contribution in [0.15, 0.2) is 84.2 Å². The number of rotatable bonds is 9. The minimum Gasteiger partial charge on any atom is -0.493 e. The first-order valence-corrected chi connectivity index (χ1v) is 12.9. The average molecular weight is 551 g/mol. The number of allylic oxidation sites excluding steroid dienone is 1. The minimum absolute atomic E-state index is 0.0856. The Balaban J connectivity index is 1.51. The maximum Gasteiger partial charge on any atom is 0.221 e. The molecule has 1 aromatic heterocycles. The molecule has 5 rings (SSSR count). The molecule has 0 saturated carbocycles. The van der Waals surface area contributed by atoms with Crippen molar-refractivity contribution in [3.8, 4) is 11.5 Å². The van der Waals surface area contributed by atoms with E-state index >= 15 is 0 Å². The lowest BCUT2D eigenvalue weighted by atomic mass is 9.90. The number of fused-ring (bicyclic) bond motifs is 1. The average Bonchev–Trinajstić information content (AvgIpc) is 3.00. The van der Waals surface area contributed by atoms with Crippen molar-refractivity contribution in [1.29, 1.82) is 0 Å². The molecule has 3 aromatic carbocycles. The number of aromatic nitrogens is 2. The number of benzene rings is 3. The number of anilines is 2. The van der Waals surface area contributed by atoms with Gasteiger partial charge in [0.2, 0.25) is 5.95 Å². The van der Waals surface area contributed by atoms with Crippen LogP contribution < -0.4 is 20.9 Å². The summed E-state index contributed by atoms with van der Waals surface area (Å²) in [4.78, 5) is 21.7. The number of nitrogens with zero attached hydrogens (tertiary/aromatic N) is 4. The topological polar surface area (TPSA) is 149 Å². The van der Waals surface area contributed by atoms with Crippen LogP contribution in [0.4, 0.5) is 11.8 Å². The van der Waals surface area contributed by atoms with E-state index in [2.05, 4.69) is 15.1 Å². The number of aliphatic hydroxyl groups excluding tert-OH is 1. The maximum absolute atomic E-state index is 13.7. The first kappa shape index (κ1) is 27.4. The number of methoxy groups -OCH3 is 2. The van der Waals surface area contributed by atoms with Crippen LogP contribution in [-0.2, 0) is 13.0 Å². The maximum atomic E-state index is 13.7. The van der Waals surface area contributed by atoms with E-state index in [9.17, 15) is 9.90 Å². The predicted molar refractivity (Wildman–Crippen MR) is 157 cm³/mol. The molecule has 0 spiro atoms. The van der Waals surface area contributed by atoms with Gasteiger partial charge in [-0.25, -0.2) is 4.98 Å². The first-order chi connectivity index (χ1) is 19.9. The third-order valence-corrected chi connectivity index (χ3v) is 6.90. The van der Waals surface area contributed by atoms with Crippen molar-refractivity contribution in [2.45, 2.75) is 19.1 Å². The number of nitrogens with two attached hydrogens (primary N) is 2. The zero-order valence-corrected chi connectivity index (χ0v) is 22.7. The van der Waals surface area contributed by atoms with Crippen molar-refractivity contribution >= 4 is 23.8 Å². The summed E-state index contributed by atoms with van der Waals surface area (Å²) >= 11 is 0. The van der Waals surface area contributed by atoms with E-state index in [1.54, 1.807) is 35.8 Å².